The monoisotopic (exact) mass is 403 g/mol. The summed E-state index contributed by atoms with van der Waals surface area (Å²) in [5.41, 5.74) is 1.78. The lowest BCUT2D eigenvalue weighted by Gasteiger charge is -2.01. The molecule has 2 aromatic heterocycles. The first-order chi connectivity index (χ1) is 10.2. The summed E-state index contributed by atoms with van der Waals surface area (Å²) in [5.74, 6) is 0. The third-order valence-corrected chi connectivity index (χ3v) is 4.52. The molecule has 0 N–H and O–H groups in total. The van der Waals surface area contributed by atoms with Gasteiger partial charge in [-0.3, -0.25) is 0 Å². The van der Waals surface area contributed by atoms with E-state index in [0.717, 1.165) is 31.1 Å². The van der Waals surface area contributed by atoms with E-state index in [1.807, 2.05) is 47.1 Å². The van der Waals surface area contributed by atoms with Gasteiger partial charge < -0.3 is 0 Å². The fourth-order valence-electron chi connectivity index (χ4n) is 2.37. The molecule has 6 heteroatoms. The Bertz CT molecular complexity index is 961. The van der Waals surface area contributed by atoms with Gasteiger partial charge in [0.25, 0.3) is 0 Å². The van der Waals surface area contributed by atoms with E-state index in [0.29, 0.717) is 0 Å². The van der Waals surface area contributed by atoms with Crippen molar-refractivity contribution in [2.24, 2.45) is 0 Å². The fourth-order valence-corrected chi connectivity index (χ4v) is 3.17. The van der Waals surface area contributed by atoms with E-state index in [1.165, 1.54) is 0 Å². The number of benzene rings is 2. The average molecular weight is 405 g/mol. The molecule has 4 nitrogen and oxygen atoms in total. The van der Waals surface area contributed by atoms with Crippen LogP contribution < -0.4 is 4.52 Å². The van der Waals surface area contributed by atoms with Crippen molar-refractivity contribution in [3.8, 4) is 5.69 Å². The minimum atomic E-state index is 0.830. The van der Waals surface area contributed by atoms with Crippen LogP contribution in [-0.2, 0) is 0 Å². The molecule has 0 bridgehead atoms. The zero-order valence-electron chi connectivity index (χ0n) is 10.7. The number of fused-ring (bicyclic) bond motifs is 3. The summed E-state index contributed by atoms with van der Waals surface area (Å²) in [4.78, 5) is 1.78. The van der Waals surface area contributed by atoms with E-state index in [1.54, 1.807) is 4.80 Å². The second-order valence-electron chi connectivity index (χ2n) is 4.65. The van der Waals surface area contributed by atoms with Crippen molar-refractivity contribution in [2.75, 3.05) is 0 Å². The van der Waals surface area contributed by atoms with E-state index >= 15 is 0 Å². The molecule has 0 radical (unpaired) electrons. The molecule has 2 heterocycles. The molecular weight excluding hydrogens is 396 g/mol. The van der Waals surface area contributed by atoms with Gasteiger partial charge in [0.1, 0.15) is 17.0 Å². The Hall–Kier alpha value is -1.79. The summed E-state index contributed by atoms with van der Waals surface area (Å²) in [6.45, 7) is 0. The van der Waals surface area contributed by atoms with Gasteiger partial charge in [-0.25, -0.2) is 0 Å². The topological polar surface area (TPSA) is 34.8 Å². The standard InChI is InChI=1S/C15H9Br2N4/c16-10-5-7-11(8-6-10)21-19-18-15-13-4-2-1-3-12(13)14(17)9-20(15)21/h1-9H/q+1. The summed E-state index contributed by atoms with van der Waals surface area (Å²) in [5, 5.41) is 10.8. The number of halogens is 2. The Morgan fingerprint density at radius 3 is 2.38 bits per heavy atom. The molecule has 0 aliphatic carbocycles. The van der Waals surface area contributed by atoms with Gasteiger partial charge in [0, 0.05) is 9.86 Å². The molecule has 0 aliphatic rings. The number of hydrogen-bond acceptors (Lipinski definition) is 2. The van der Waals surface area contributed by atoms with Crippen molar-refractivity contribution in [1.82, 2.24) is 15.1 Å². The molecule has 0 fully saturated rings. The van der Waals surface area contributed by atoms with Crippen LogP contribution in [0, 0.1) is 0 Å². The molecule has 4 rings (SSSR count). The molecule has 21 heavy (non-hydrogen) atoms. The smallest absolute Gasteiger partial charge is 0.122 e. The summed E-state index contributed by atoms with van der Waals surface area (Å²) in [7, 11) is 0. The van der Waals surface area contributed by atoms with Crippen LogP contribution in [0.4, 0.5) is 0 Å². The first-order valence-electron chi connectivity index (χ1n) is 6.34. The van der Waals surface area contributed by atoms with Gasteiger partial charge in [-0.1, -0.05) is 34.1 Å². The quantitative estimate of drug-likeness (QED) is 0.453. The van der Waals surface area contributed by atoms with Crippen molar-refractivity contribution in [1.29, 1.82) is 0 Å². The zero-order chi connectivity index (χ0) is 14.4. The van der Waals surface area contributed by atoms with Crippen LogP contribution in [0.3, 0.4) is 0 Å². The van der Waals surface area contributed by atoms with E-state index in [2.05, 4.69) is 54.3 Å². The molecular formula is C15H9Br2N4+. The Kier molecular flexibility index (Phi) is 3.01. The number of pyridine rings is 1. The maximum atomic E-state index is 4.33. The molecule has 0 saturated carbocycles. The minimum absolute atomic E-state index is 0.830. The second-order valence-corrected chi connectivity index (χ2v) is 6.42. The third-order valence-electron chi connectivity index (χ3n) is 3.36. The molecule has 0 saturated heterocycles. The molecule has 0 unspecified atom stereocenters. The predicted molar refractivity (Wildman–Crippen MR) is 87.4 cm³/mol. The van der Waals surface area contributed by atoms with E-state index in [9.17, 15) is 0 Å². The van der Waals surface area contributed by atoms with Crippen LogP contribution in [0.1, 0.15) is 0 Å². The molecule has 0 spiro atoms. The highest BCUT2D eigenvalue weighted by molar-refractivity contribution is 9.11. The SMILES string of the molecule is Brc1ccc(-n2nnc3c4ccccc4c(Br)c[n+]32)cc1. The summed E-state index contributed by atoms with van der Waals surface area (Å²) < 4.78 is 3.99. The number of tetrazole rings is 1. The molecule has 0 amide bonds. The highest BCUT2D eigenvalue weighted by atomic mass is 79.9. The lowest BCUT2D eigenvalue weighted by molar-refractivity contribution is -0.603. The Balaban J connectivity index is 2.06. The van der Waals surface area contributed by atoms with Gasteiger partial charge in [-0.2, -0.15) is 0 Å². The maximum Gasteiger partial charge on any atom is 0.337 e. The highest BCUT2D eigenvalue weighted by Crippen LogP contribution is 2.24. The van der Waals surface area contributed by atoms with Crippen molar-refractivity contribution in [2.45, 2.75) is 0 Å². The zero-order valence-corrected chi connectivity index (χ0v) is 13.9. The minimum Gasteiger partial charge on any atom is -0.122 e. The molecule has 0 atom stereocenters. The van der Waals surface area contributed by atoms with Gasteiger partial charge in [-0.15, -0.1) is 4.52 Å². The number of nitrogens with zero attached hydrogens (tertiary/aromatic N) is 4. The van der Waals surface area contributed by atoms with Crippen molar-refractivity contribution in [3.05, 3.63) is 63.7 Å². The van der Waals surface area contributed by atoms with E-state index in [4.69, 9.17) is 0 Å². The van der Waals surface area contributed by atoms with Crippen LogP contribution >= 0.6 is 31.9 Å². The van der Waals surface area contributed by atoms with Crippen molar-refractivity contribution < 1.29 is 4.52 Å². The van der Waals surface area contributed by atoms with Crippen LogP contribution in [0.5, 0.6) is 0 Å². The molecule has 0 aliphatic heterocycles. The van der Waals surface area contributed by atoms with Gasteiger partial charge >= 0.3 is 5.65 Å². The van der Waals surface area contributed by atoms with Crippen molar-refractivity contribution >= 4 is 48.3 Å². The highest BCUT2D eigenvalue weighted by Gasteiger charge is 2.19. The van der Waals surface area contributed by atoms with Gasteiger partial charge in [0.15, 0.2) is 5.21 Å². The number of hydrogen-bond donors (Lipinski definition) is 0. The summed E-state index contributed by atoms with van der Waals surface area (Å²) in [6, 6.07) is 16.1. The first kappa shape index (κ1) is 12.9. The fraction of sp³-hybridized carbons (Fsp3) is 0. The Labute approximate surface area is 137 Å². The van der Waals surface area contributed by atoms with Crippen LogP contribution in [0.25, 0.3) is 22.1 Å². The number of rotatable bonds is 1. The predicted octanol–water partition coefficient (Wildman–Crippen LogP) is 3.68. The molecule has 4 aromatic rings. The van der Waals surface area contributed by atoms with Crippen LogP contribution in [-0.4, -0.2) is 15.1 Å². The maximum absolute atomic E-state index is 4.33. The summed E-state index contributed by atoms with van der Waals surface area (Å²) >= 11 is 7.07. The van der Waals surface area contributed by atoms with Gasteiger partial charge in [-0.05, 0) is 51.1 Å². The third kappa shape index (κ3) is 2.06. The Morgan fingerprint density at radius 2 is 1.62 bits per heavy atom. The largest absolute Gasteiger partial charge is 0.337 e. The van der Waals surface area contributed by atoms with Gasteiger partial charge in [0.2, 0.25) is 0 Å². The second kappa shape index (κ2) is 4.89. The van der Waals surface area contributed by atoms with Crippen molar-refractivity contribution in [3.63, 3.8) is 0 Å². The lowest BCUT2D eigenvalue weighted by atomic mass is 10.2. The molecule has 102 valence electrons. The van der Waals surface area contributed by atoms with E-state index in [-0.39, 0.29) is 0 Å². The summed E-state index contributed by atoms with van der Waals surface area (Å²) in [6.07, 6.45) is 1.99. The average Bonchev–Trinajstić information content (AvgIpc) is 2.92. The van der Waals surface area contributed by atoms with Crippen LogP contribution in [0.2, 0.25) is 0 Å². The first-order valence-corrected chi connectivity index (χ1v) is 7.93. The Morgan fingerprint density at radius 1 is 0.905 bits per heavy atom. The number of aromatic nitrogens is 4. The van der Waals surface area contributed by atoms with Crippen LogP contribution in [0.15, 0.2) is 63.7 Å². The van der Waals surface area contributed by atoms with E-state index < -0.39 is 0 Å². The van der Waals surface area contributed by atoms with Gasteiger partial charge in [0.05, 0.1) is 9.86 Å². The molecule has 2 aromatic carbocycles. The normalized spacial score (nSPS) is 11.3. The lowest BCUT2D eigenvalue weighted by Crippen LogP contribution is -2.32.